The van der Waals surface area contributed by atoms with Crippen molar-refractivity contribution in [3.8, 4) is 17.2 Å². The van der Waals surface area contributed by atoms with Crippen LogP contribution in [0.25, 0.3) is 0 Å². The maximum absolute atomic E-state index is 12.9. The SMILES string of the molecule is COc1cc(CN2CCN(C(=O)C3[C@H]4CCCC[C@H]34)CC2)cc(OC)c1OC. The van der Waals surface area contributed by atoms with Gasteiger partial charge in [-0.2, -0.15) is 0 Å². The summed E-state index contributed by atoms with van der Waals surface area (Å²) in [6, 6.07) is 4.02. The molecule has 1 aromatic rings. The van der Waals surface area contributed by atoms with E-state index in [0.717, 1.165) is 38.3 Å². The molecule has 3 aliphatic rings. The Balaban J connectivity index is 1.34. The summed E-state index contributed by atoms with van der Waals surface area (Å²) in [5.41, 5.74) is 1.13. The van der Waals surface area contributed by atoms with Crippen LogP contribution < -0.4 is 14.2 Å². The first-order chi connectivity index (χ1) is 13.7. The normalized spacial score (nSPS) is 27.1. The van der Waals surface area contributed by atoms with Crippen molar-refractivity contribution in [3.05, 3.63) is 17.7 Å². The topological polar surface area (TPSA) is 51.2 Å². The molecule has 1 saturated heterocycles. The first kappa shape index (κ1) is 19.4. The van der Waals surface area contributed by atoms with Crippen LogP contribution in [0.1, 0.15) is 31.2 Å². The Kier molecular flexibility index (Phi) is 5.67. The average molecular weight is 389 g/mol. The highest BCUT2D eigenvalue weighted by Gasteiger charge is 2.55. The summed E-state index contributed by atoms with van der Waals surface area (Å²) in [6.07, 6.45) is 5.16. The number of rotatable bonds is 6. The van der Waals surface area contributed by atoms with Crippen LogP contribution in [0, 0.1) is 17.8 Å². The van der Waals surface area contributed by atoms with Crippen LogP contribution in [0.15, 0.2) is 12.1 Å². The number of carbonyl (C=O) groups is 1. The molecule has 0 bridgehead atoms. The minimum atomic E-state index is 0.337. The fourth-order valence-corrected chi connectivity index (χ4v) is 5.18. The van der Waals surface area contributed by atoms with E-state index in [1.807, 2.05) is 12.1 Å². The van der Waals surface area contributed by atoms with Crippen LogP contribution in [-0.2, 0) is 11.3 Å². The number of methoxy groups -OCH3 is 3. The van der Waals surface area contributed by atoms with Crippen molar-refractivity contribution < 1.29 is 19.0 Å². The van der Waals surface area contributed by atoms with Crippen LogP contribution in [-0.4, -0.2) is 63.2 Å². The lowest BCUT2D eigenvalue weighted by atomic mass is 10.0. The Morgan fingerprint density at radius 2 is 1.50 bits per heavy atom. The van der Waals surface area contributed by atoms with E-state index < -0.39 is 0 Å². The maximum Gasteiger partial charge on any atom is 0.226 e. The van der Waals surface area contributed by atoms with Gasteiger partial charge in [-0.25, -0.2) is 0 Å². The fraction of sp³-hybridized carbons (Fsp3) is 0.682. The van der Waals surface area contributed by atoms with Crippen LogP contribution >= 0.6 is 0 Å². The molecule has 6 heteroatoms. The van der Waals surface area contributed by atoms with E-state index in [1.54, 1.807) is 21.3 Å². The zero-order chi connectivity index (χ0) is 19.7. The molecule has 2 atom stereocenters. The summed E-state index contributed by atoms with van der Waals surface area (Å²) in [5, 5.41) is 0. The van der Waals surface area contributed by atoms with Gasteiger partial charge in [0.1, 0.15) is 0 Å². The number of carbonyl (C=O) groups excluding carboxylic acids is 1. The monoisotopic (exact) mass is 388 g/mol. The largest absolute Gasteiger partial charge is 0.493 e. The van der Waals surface area contributed by atoms with Gasteiger partial charge in [0.15, 0.2) is 11.5 Å². The van der Waals surface area contributed by atoms with E-state index in [0.29, 0.717) is 40.9 Å². The molecule has 2 aliphatic carbocycles. The molecule has 6 nitrogen and oxygen atoms in total. The zero-order valence-corrected chi connectivity index (χ0v) is 17.3. The van der Waals surface area contributed by atoms with Gasteiger partial charge < -0.3 is 19.1 Å². The van der Waals surface area contributed by atoms with Gasteiger partial charge in [-0.05, 0) is 42.4 Å². The Labute approximate surface area is 167 Å². The summed E-state index contributed by atoms with van der Waals surface area (Å²) in [6.45, 7) is 4.29. The second-order valence-corrected chi connectivity index (χ2v) is 8.27. The van der Waals surface area contributed by atoms with Crippen molar-refractivity contribution in [2.45, 2.75) is 32.2 Å². The standard InChI is InChI=1S/C22H32N2O4/c1-26-18-12-15(13-19(27-2)21(18)28-3)14-23-8-10-24(11-9-23)22(25)20-16-6-4-5-7-17(16)20/h12-13,16-17,20H,4-11,14H2,1-3H3/t16-,17-/m0/s1. The van der Waals surface area contributed by atoms with E-state index in [4.69, 9.17) is 14.2 Å². The summed E-state index contributed by atoms with van der Waals surface area (Å²) in [7, 11) is 4.90. The zero-order valence-electron chi connectivity index (χ0n) is 17.3. The Morgan fingerprint density at radius 1 is 0.929 bits per heavy atom. The number of amides is 1. The van der Waals surface area contributed by atoms with Crippen molar-refractivity contribution in [1.29, 1.82) is 0 Å². The van der Waals surface area contributed by atoms with Gasteiger partial charge in [0.25, 0.3) is 0 Å². The highest BCUT2D eigenvalue weighted by molar-refractivity contribution is 5.82. The van der Waals surface area contributed by atoms with Crippen LogP contribution in [0.5, 0.6) is 17.2 Å². The van der Waals surface area contributed by atoms with Crippen LogP contribution in [0.3, 0.4) is 0 Å². The predicted octanol–water partition coefficient (Wildman–Crippen LogP) is 2.79. The molecule has 4 rings (SSSR count). The Bertz CT molecular complexity index is 677. The first-order valence-electron chi connectivity index (χ1n) is 10.5. The molecule has 0 N–H and O–H groups in total. The molecule has 1 aromatic carbocycles. The maximum atomic E-state index is 12.9. The number of benzene rings is 1. The molecule has 1 aliphatic heterocycles. The smallest absolute Gasteiger partial charge is 0.226 e. The van der Waals surface area contributed by atoms with Crippen molar-refractivity contribution in [3.63, 3.8) is 0 Å². The van der Waals surface area contributed by atoms with Gasteiger partial charge in [-0.15, -0.1) is 0 Å². The number of piperazine rings is 1. The first-order valence-corrected chi connectivity index (χ1v) is 10.5. The number of nitrogens with zero attached hydrogens (tertiary/aromatic N) is 2. The fourth-order valence-electron chi connectivity index (χ4n) is 5.18. The Morgan fingerprint density at radius 3 is 2.00 bits per heavy atom. The number of fused-ring (bicyclic) bond motifs is 1. The highest BCUT2D eigenvalue weighted by atomic mass is 16.5. The third kappa shape index (κ3) is 3.66. The average Bonchev–Trinajstić information content (AvgIpc) is 3.47. The van der Waals surface area contributed by atoms with E-state index in [2.05, 4.69) is 9.80 Å². The van der Waals surface area contributed by atoms with Crippen molar-refractivity contribution in [2.24, 2.45) is 17.8 Å². The summed E-state index contributed by atoms with van der Waals surface area (Å²) in [4.78, 5) is 17.4. The van der Waals surface area contributed by atoms with E-state index >= 15 is 0 Å². The van der Waals surface area contributed by atoms with Gasteiger partial charge in [-0.3, -0.25) is 9.69 Å². The summed E-state index contributed by atoms with van der Waals surface area (Å²) >= 11 is 0. The minimum Gasteiger partial charge on any atom is -0.493 e. The molecule has 2 saturated carbocycles. The number of ether oxygens (including phenoxy) is 3. The Hall–Kier alpha value is -1.95. The second-order valence-electron chi connectivity index (χ2n) is 8.27. The van der Waals surface area contributed by atoms with Crippen LogP contribution in [0.2, 0.25) is 0 Å². The van der Waals surface area contributed by atoms with Gasteiger partial charge in [0.05, 0.1) is 21.3 Å². The number of hydrogen-bond acceptors (Lipinski definition) is 5. The molecule has 1 amide bonds. The molecule has 28 heavy (non-hydrogen) atoms. The molecule has 0 unspecified atom stereocenters. The summed E-state index contributed by atoms with van der Waals surface area (Å²) < 4.78 is 16.3. The van der Waals surface area contributed by atoms with E-state index in [-0.39, 0.29) is 0 Å². The second kappa shape index (κ2) is 8.19. The molecule has 0 spiro atoms. The molecule has 3 fully saturated rings. The number of hydrogen-bond donors (Lipinski definition) is 0. The third-order valence-electron chi connectivity index (χ3n) is 6.76. The van der Waals surface area contributed by atoms with Gasteiger partial charge >= 0.3 is 0 Å². The quantitative estimate of drug-likeness (QED) is 0.750. The highest BCUT2D eigenvalue weighted by Crippen LogP contribution is 2.56. The van der Waals surface area contributed by atoms with E-state index in [1.165, 1.54) is 25.7 Å². The van der Waals surface area contributed by atoms with Crippen LogP contribution in [0.4, 0.5) is 0 Å². The van der Waals surface area contributed by atoms with Crippen molar-refractivity contribution >= 4 is 5.91 Å². The van der Waals surface area contributed by atoms with Gasteiger partial charge in [-0.1, -0.05) is 12.8 Å². The molecule has 154 valence electrons. The molecule has 0 aromatic heterocycles. The lowest BCUT2D eigenvalue weighted by Gasteiger charge is -2.35. The van der Waals surface area contributed by atoms with Crippen molar-refractivity contribution in [2.75, 3.05) is 47.5 Å². The minimum absolute atomic E-state index is 0.337. The van der Waals surface area contributed by atoms with Gasteiger partial charge in [0.2, 0.25) is 11.7 Å². The lowest BCUT2D eigenvalue weighted by Crippen LogP contribution is -2.49. The lowest BCUT2D eigenvalue weighted by molar-refractivity contribution is -0.135. The molecular formula is C22H32N2O4. The predicted molar refractivity (Wildman–Crippen MR) is 107 cm³/mol. The van der Waals surface area contributed by atoms with E-state index in [9.17, 15) is 4.79 Å². The van der Waals surface area contributed by atoms with Crippen molar-refractivity contribution in [1.82, 2.24) is 9.80 Å². The summed E-state index contributed by atoms with van der Waals surface area (Å²) in [5.74, 6) is 4.13. The molecule has 0 radical (unpaired) electrons. The molecule has 1 heterocycles. The third-order valence-corrected chi connectivity index (χ3v) is 6.76. The van der Waals surface area contributed by atoms with Gasteiger partial charge in [0, 0.05) is 38.6 Å². The molecular weight excluding hydrogens is 356 g/mol.